The number of amides is 1. The molecule has 0 fully saturated rings. The SMILES string of the molecule is Cc1ccccc1-c1nc2sc(C(F)(F)F)nn2c1/C=C/C(=O)NC(C)C. The van der Waals surface area contributed by atoms with Gasteiger partial charge in [0.1, 0.15) is 0 Å². The molecule has 1 amide bonds. The molecule has 0 unspecified atom stereocenters. The van der Waals surface area contributed by atoms with Gasteiger partial charge in [0.2, 0.25) is 15.9 Å². The molecular formula is C18H17F3N4OS. The van der Waals surface area contributed by atoms with Gasteiger partial charge in [-0.1, -0.05) is 35.6 Å². The van der Waals surface area contributed by atoms with Gasteiger partial charge in [-0.2, -0.15) is 13.2 Å². The molecule has 9 heteroatoms. The number of nitrogens with one attached hydrogen (secondary N) is 1. The van der Waals surface area contributed by atoms with E-state index in [-0.39, 0.29) is 16.9 Å². The molecule has 0 aliphatic rings. The summed E-state index contributed by atoms with van der Waals surface area (Å²) in [6, 6.07) is 7.35. The summed E-state index contributed by atoms with van der Waals surface area (Å²) in [5, 5.41) is 5.38. The molecule has 0 radical (unpaired) electrons. The maximum atomic E-state index is 13.0. The van der Waals surface area contributed by atoms with Crippen LogP contribution in [0.2, 0.25) is 0 Å². The largest absolute Gasteiger partial charge is 0.445 e. The monoisotopic (exact) mass is 394 g/mol. The molecule has 1 aromatic carbocycles. The molecular weight excluding hydrogens is 377 g/mol. The van der Waals surface area contributed by atoms with Crippen LogP contribution in [0, 0.1) is 6.92 Å². The van der Waals surface area contributed by atoms with E-state index in [4.69, 9.17) is 0 Å². The van der Waals surface area contributed by atoms with Crippen molar-refractivity contribution in [3.8, 4) is 11.3 Å². The lowest BCUT2D eigenvalue weighted by molar-refractivity contribution is -0.138. The Kier molecular flexibility index (Phi) is 5.05. The quantitative estimate of drug-likeness (QED) is 0.671. The van der Waals surface area contributed by atoms with E-state index < -0.39 is 11.2 Å². The molecule has 1 N–H and O–H groups in total. The van der Waals surface area contributed by atoms with Crippen LogP contribution in [0.1, 0.15) is 30.1 Å². The zero-order chi connectivity index (χ0) is 19.8. The lowest BCUT2D eigenvalue weighted by atomic mass is 10.0. The highest BCUT2D eigenvalue weighted by atomic mass is 32.1. The summed E-state index contributed by atoms with van der Waals surface area (Å²) in [6.07, 6.45) is -1.83. The Balaban J connectivity index is 2.15. The first-order valence-corrected chi connectivity index (χ1v) is 9.00. The molecule has 3 rings (SSSR count). The van der Waals surface area contributed by atoms with Gasteiger partial charge in [0.15, 0.2) is 0 Å². The highest BCUT2D eigenvalue weighted by molar-refractivity contribution is 7.16. The van der Waals surface area contributed by atoms with Gasteiger partial charge in [0.05, 0.1) is 11.4 Å². The van der Waals surface area contributed by atoms with Crippen LogP contribution in [0.25, 0.3) is 22.3 Å². The van der Waals surface area contributed by atoms with Gasteiger partial charge in [-0.05, 0) is 32.4 Å². The number of fused-ring (bicyclic) bond motifs is 1. The number of imidazole rings is 1. The van der Waals surface area contributed by atoms with Crippen LogP contribution in [0.15, 0.2) is 30.3 Å². The average Bonchev–Trinajstić information content (AvgIpc) is 3.10. The van der Waals surface area contributed by atoms with Crippen LogP contribution in [0.4, 0.5) is 13.2 Å². The fraction of sp³-hybridized carbons (Fsp3) is 0.278. The third-order valence-electron chi connectivity index (χ3n) is 3.70. The fourth-order valence-corrected chi connectivity index (χ4v) is 3.33. The summed E-state index contributed by atoms with van der Waals surface area (Å²) in [7, 11) is 0. The molecule has 0 aliphatic heterocycles. The number of alkyl halides is 3. The molecule has 0 saturated heterocycles. The minimum Gasteiger partial charge on any atom is -0.350 e. The number of hydrogen-bond donors (Lipinski definition) is 1. The fourth-order valence-electron chi connectivity index (χ4n) is 2.55. The van der Waals surface area contributed by atoms with Crippen molar-refractivity contribution in [1.29, 1.82) is 0 Å². The van der Waals surface area contributed by atoms with Crippen molar-refractivity contribution in [2.45, 2.75) is 33.0 Å². The second kappa shape index (κ2) is 7.15. The number of carbonyl (C=O) groups is 1. The third kappa shape index (κ3) is 4.02. The number of hydrogen-bond acceptors (Lipinski definition) is 4. The summed E-state index contributed by atoms with van der Waals surface area (Å²) >= 11 is 0.466. The predicted molar refractivity (Wildman–Crippen MR) is 98.4 cm³/mol. The van der Waals surface area contributed by atoms with Crippen molar-refractivity contribution in [2.75, 3.05) is 0 Å². The Morgan fingerprint density at radius 2 is 2.00 bits per heavy atom. The van der Waals surface area contributed by atoms with E-state index in [2.05, 4.69) is 15.4 Å². The van der Waals surface area contributed by atoms with Crippen molar-refractivity contribution in [3.63, 3.8) is 0 Å². The Bertz CT molecular complexity index is 1020. The number of aryl methyl sites for hydroxylation is 1. The summed E-state index contributed by atoms with van der Waals surface area (Å²) in [4.78, 5) is 16.4. The Morgan fingerprint density at radius 3 is 2.63 bits per heavy atom. The molecule has 0 spiro atoms. The lowest BCUT2D eigenvalue weighted by Crippen LogP contribution is -2.28. The van der Waals surface area contributed by atoms with E-state index >= 15 is 0 Å². The van der Waals surface area contributed by atoms with E-state index in [0.29, 0.717) is 22.7 Å². The lowest BCUT2D eigenvalue weighted by Gasteiger charge is -2.06. The second-order valence-electron chi connectivity index (χ2n) is 6.26. The molecule has 2 heterocycles. The van der Waals surface area contributed by atoms with Crippen molar-refractivity contribution >= 4 is 28.3 Å². The number of benzene rings is 1. The van der Waals surface area contributed by atoms with Crippen molar-refractivity contribution in [1.82, 2.24) is 19.9 Å². The zero-order valence-corrected chi connectivity index (χ0v) is 15.6. The van der Waals surface area contributed by atoms with E-state index in [1.807, 2.05) is 45.0 Å². The normalized spacial score (nSPS) is 12.4. The number of halogens is 3. The van der Waals surface area contributed by atoms with E-state index in [1.165, 1.54) is 12.2 Å². The van der Waals surface area contributed by atoms with Crippen LogP contribution in [0.3, 0.4) is 0 Å². The molecule has 2 aromatic heterocycles. The molecule has 27 heavy (non-hydrogen) atoms. The van der Waals surface area contributed by atoms with Gasteiger partial charge in [-0.15, -0.1) is 5.10 Å². The number of carbonyl (C=O) groups excluding carboxylic acids is 1. The molecule has 0 atom stereocenters. The van der Waals surface area contributed by atoms with Crippen LogP contribution >= 0.6 is 11.3 Å². The van der Waals surface area contributed by atoms with Crippen LogP contribution in [-0.4, -0.2) is 26.5 Å². The van der Waals surface area contributed by atoms with E-state index in [0.717, 1.165) is 15.6 Å². The van der Waals surface area contributed by atoms with Gasteiger partial charge < -0.3 is 5.32 Å². The predicted octanol–water partition coefficient (Wildman–Crippen LogP) is 4.32. The van der Waals surface area contributed by atoms with Gasteiger partial charge in [0.25, 0.3) is 0 Å². The maximum Gasteiger partial charge on any atom is 0.445 e. The first-order valence-electron chi connectivity index (χ1n) is 8.18. The zero-order valence-electron chi connectivity index (χ0n) is 14.8. The Labute approximate surface area is 157 Å². The highest BCUT2D eigenvalue weighted by Crippen LogP contribution is 2.35. The number of nitrogens with zero attached hydrogens (tertiary/aromatic N) is 3. The topological polar surface area (TPSA) is 59.3 Å². The van der Waals surface area contributed by atoms with E-state index in [1.54, 1.807) is 0 Å². The first kappa shape index (κ1) is 19.1. The molecule has 0 bridgehead atoms. The molecule has 3 aromatic rings. The average molecular weight is 394 g/mol. The molecule has 142 valence electrons. The van der Waals surface area contributed by atoms with Crippen LogP contribution in [-0.2, 0) is 11.0 Å². The standard InChI is InChI=1S/C18H17F3N4OS/c1-10(2)22-14(26)9-8-13-15(12-7-5-4-6-11(12)3)23-17-25(13)24-16(27-17)18(19,20)21/h4-10H,1-3H3,(H,22,26)/b9-8+. The number of aromatic nitrogens is 3. The third-order valence-corrected chi connectivity index (χ3v) is 4.66. The second-order valence-corrected chi connectivity index (χ2v) is 7.21. The summed E-state index contributed by atoms with van der Waals surface area (Å²) in [5.74, 6) is -0.345. The first-order chi connectivity index (χ1) is 12.7. The van der Waals surface area contributed by atoms with E-state index in [9.17, 15) is 18.0 Å². The minimum absolute atomic E-state index is 0.0560. The number of rotatable bonds is 4. The van der Waals surface area contributed by atoms with Gasteiger partial charge in [-0.3, -0.25) is 4.79 Å². The van der Waals surface area contributed by atoms with Gasteiger partial charge >= 0.3 is 6.18 Å². The van der Waals surface area contributed by atoms with Gasteiger partial charge in [-0.25, -0.2) is 9.50 Å². The maximum absolute atomic E-state index is 13.0. The molecule has 0 aliphatic carbocycles. The molecule has 5 nitrogen and oxygen atoms in total. The Morgan fingerprint density at radius 1 is 1.30 bits per heavy atom. The highest BCUT2D eigenvalue weighted by Gasteiger charge is 2.36. The van der Waals surface area contributed by atoms with Gasteiger partial charge in [0, 0.05) is 17.7 Å². The van der Waals surface area contributed by atoms with Crippen molar-refractivity contribution in [2.24, 2.45) is 0 Å². The molecule has 0 saturated carbocycles. The van der Waals surface area contributed by atoms with Crippen LogP contribution < -0.4 is 5.32 Å². The summed E-state index contributed by atoms with van der Waals surface area (Å²) < 4.78 is 40.1. The van der Waals surface area contributed by atoms with Crippen molar-refractivity contribution in [3.05, 3.63) is 46.6 Å². The summed E-state index contributed by atoms with van der Waals surface area (Å²) in [5.41, 5.74) is 2.49. The minimum atomic E-state index is -4.55. The Hall–Kier alpha value is -2.68. The van der Waals surface area contributed by atoms with Crippen molar-refractivity contribution < 1.29 is 18.0 Å². The summed E-state index contributed by atoms with van der Waals surface area (Å²) in [6.45, 7) is 5.52. The van der Waals surface area contributed by atoms with Crippen LogP contribution in [0.5, 0.6) is 0 Å². The smallest absolute Gasteiger partial charge is 0.350 e.